The number of allylic oxidation sites excluding steroid dienone is 4. The van der Waals surface area contributed by atoms with Crippen LogP contribution in [0.1, 0.15) is 0 Å². The van der Waals surface area contributed by atoms with Gasteiger partial charge in [0.15, 0.2) is 5.94 Å². The molecular weight excluding hydrogens is 116 g/mol. The highest BCUT2D eigenvalue weighted by Crippen LogP contribution is 1.70. The summed E-state index contributed by atoms with van der Waals surface area (Å²) in [6.45, 7) is 0. The molecule has 0 atom stereocenters. The Hall–Kier alpha value is -1.58. The van der Waals surface area contributed by atoms with Gasteiger partial charge >= 0.3 is 0 Å². The zero-order valence-corrected chi connectivity index (χ0v) is 4.63. The van der Waals surface area contributed by atoms with Crippen LogP contribution >= 0.6 is 0 Å². The Kier molecular flexibility index (Phi) is 5.29. The van der Waals surface area contributed by atoms with Gasteiger partial charge in [0, 0.05) is 6.08 Å². The van der Waals surface area contributed by atoms with E-state index >= 15 is 0 Å². The predicted molar refractivity (Wildman–Crippen MR) is 33.2 cm³/mol. The van der Waals surface area contributed by atoms with Gasteiger partial charge in [-0.25, -0.2) is 9.59 Å². The van der Waals surface area contributed by atoms with E-state index in [0.29, 0.717) is 0 Å². The maximum atomic E-state index is 9.49. The van der Waals surface area contributed by atoms with Crippen molar-refractivity contribution in [2.24, 2.45) is 0 Å². The second-order valence-electron chi connectivity index (χ2n) is 1.08. The fourth-order valence-corrected chi connectivity index (χ4v) is 0.233. The molecule has 0 aromatic carbocycles. The van der Waals surface area contributed by atoms with Gasteiger partial charge < -0.3 is 0 Å². The summed E-state index contributed by atoms with van der Waals surface area (Å²) in [6.07, 6.45) is 5.46. The Morgan fingerprint density at radius 1 is 1.00 bits per heavy atom. The van der Waals surface area contributed by atoms with Gasteiger partial charge in [-0.1, -0.05) is 12.2 Å². The Balaban J connectivity index is 3.88. The molecule has 44 valence electrons. The molecule has 0 aromatic heterocycles. The van der Waals surface area contributed by atoms with Crippen LogP contribution in [0, 0.1) is 0 Å². The van der Waals surface area contributed by atoms with Gasteiger partial charge in [-0.05, 0) is 11.8 Å². The van der Waals surface area contributed by atoms with Crippen molar-refractivity contribution in [1.82, 2.24) is 0 Å². The van der Waals surface area contributed by atoms with Crippen molar-refractivity contribution in [3.8, 4) is 0 Å². The molecule has 0 radical (unpaired) electrons. The first kappa shape index (κ1) is 7.42. The van der Waals surface area contributed by atoms with Gasteiger partial charge in [0.25, 0.3) is 0 Å². The summed E-state index contributed by atoms with van der Waals surface area (Å²) in [6, 6.07) is 0. The maximum Gasteiger partial charge on any atom is 0.177 e. The van der Waals surface area contributed by atoms with Crippen LogP contribution in [0.2, 0.25) is 0 Å². The molecule has 0 N–H and O–H groups in total. The molecule has 0 spiro atoms. The molecule has 0 aliphatic heterocycles. The highest BCUT2D eigenvalue weighted by Gasteiger charge is 1.56. The Labute approximate surface area is 52.5 Å². The number of rotatable bonds is 2. The van der Waals surface area contributed by atoms with E-state index in [1.807, 2.05) is 0 Å². The van der Waals surface area contributed by atoms with Crippen LogP contribution in [0.4, 0.5) is 0 Å². The zero-order chi connectivity index (χ0) is 6.95. The van der Waals surface area contributed by atoms with Crippen molar-refractivity contribution in [3.63, 3.8) is 0 Å². The topological polar surface area (TPSA) is 34.1 Å². The van der Waals surface area contributed by atoms with Crippen LogP contribution in [-0.4, -0.2) is 11.9 Å². The Morgan fingerprint density at radius 2 is 1.67 bits per heavy atom. The van der Waals surface area contributed by atoms with E-state index in [1.54, 1.807) is 0 Å². The van der Waals surface area contributed by atoms with Crippen molar-refractivity contribution in [2.75, 3.05) is 0 Å². The molecule has 2 nitrogen and oxygen atoms in total. The minimum Gasteiger partial charge on any atom is -0.234 e. The third-order valence-electron chi connectivity index (χ3n) is 0.514. The molecule has 0 fully saturated rings. The molecular formula is C7H4O2. The molecule has 0 bridgehead atoms. The first-order chi connectivity index (χ1) is 4.41. The van der Waals surface area contributed by atoms with Gasteiger partial charge in [0.2, 0.25) is 0 Å². The summed E-state index contributed by atoms with van der Waals surface area (Å²) in [4.78, 5) is 18.9. The van der Waals surface area contributed by atoms with Crippen molar-refractivity contribution < 1.29 is 9.59 Å². The van der Waals surface area contributed by atoms with Crippen molar-refractivity contribution in [1.29, 1.82) is 0 Å². The van der Waals surface area contributed by atoms with Crippen LogP contribution in [0.25, 0.3) is 0 Å². The van der Waals surface area contributed by atoms with Crippen LogP contribution in [0.5, 0.6) is 0 Å². The fraction of sp³-hybridized carbons (Fsp3) is 0. The molecule has 0 heterocycles. The van der Waals surface area contributed by atoms with E-state index in [0.717, 1.165) is 0 Å². The van der Waals surface area contributed by atoms with E-state index < -0.39 is 0 Å². The summed E-state index contributed by atoms with van der Waals surface area (Å²) in [5, 5.41) is 0. The van der Waals surface area contributed by atoms with Crippen LogP contribution in [0.15, 0.2) is 30.0 Å². The second-order valence-corrected chi connectivity index (χ2v) is 1.08. The minimum absolute atomic E-state index is 1.18. The van der Waals surface area contributed by atoms with Gasteiger partial charge in [0.05, 0.1) is 0 Å². The van der Waals surface area contributed by atoms with E-state index in [4.69, 9.17) is 0 Å². The summed E-state index contributed by atoms with van der Waals surface area (Å²) in [7, 11) is 0. The molecule has 0 amide bonds. The molecule has 0 unspecified atom stereocenters. The smallest absolute Gasteiger partial charge is 0.177 e. The largest absolute Gasteiger partial charge is 0.234 e. The van der Waals surface area contributed by atoms with E-state index in [1.165, 1.54) is 36.2 Å². The number of carbonyl (C=O) groups excluding carboxylic acids is 2. The molecule has 0 saturated carbocycles. The lowest BCUT2D eigenvalue weighted by molar-refractivity contribution is 0.568. The predicted octanol–water partition coefficient (Wildman–Crippen LogP) is 0.473. The molecule has 0 aromatic rings. The third-order valence-corrected chi connectivity index (χ3v) is 0.514. The molecule has 0 saturated heterocycles. The quantitative estimate of drug-likeness (QED) is 0.301. The minimum atomic E-state index is 1.18. The van der Waals surface area contributed by atoms with Crippen molar-refractivity contribution >= 4 is 11.9 Å². The normalized spacial score (nSPS) is 7.11. The number of hydrogen-bond acceptors (Lipinski definition) is 2. The Bertz CT molecular complexity index is 219. The molecule has 9 heavy (non-hydrogen) atoms. The van der Waals surface area contributed by atoms with Crippen molar-refractivity contribution in [2.45, 2.75) is 0 Å². The summed E-state index contributed by atoms with van der Waals surface area (Å²) in [5.74, 6) is 2.96. The highest BCUT2D eigenvalue weighted by atomic mass is 16.1. The summed E-state index contributed by atoms with van der Waals surface area (Å²) >= 11 is 0. The standard InChI is InChI=1S/C7H4O2/c8-6-4-2-1-3-5-7-9/h1-4H/b2-1-. The Morgan fingerprint density at radius 3 is 2.22 bits per heavy atom. The van der Waals surface area contributed by atoms with E-state index in [2.05, 4.69) is 5.73 Å². The van der Waals surface area contributed by atoms with Gasteiger partial charge in [-0.2, -0.15) is 0 Å². The average molecular weight is 120 g/mol. The molecule has 0 rings (SSSR count). The van der Waals surface area contributed by atoms with Crippen molar-refractivity contribution in [3.05, 3.63) is 30.0 Å². The fourth-order valence-electron chi connectivity index (χ4n) is 0.233. The van der Waals surface area contributed by atoms with Gasteiger partial charge in [-0.15, -0.1) is 0 Å². The van der Waals surface area contributed by atoms with Gasteiger partial charge in [-0.3, -0.25) is 0 Å². The van der Waals surface area contributed by atoms with Crippen LogP contribution in [0.3, 0.4) is 0 Å². The summed E-state index contributed by atoms with van der Waals surface area (Å²) < 4.78 is 0. The third kappa shape index (κ3) is 6.42. The molecule has 0 aliphatic carbocycles. The lowest BCUT2D eigenvalue weighted by Crippen LogP contribution is -1.48. The first-order valence-electron chi connectivity index (χ1n) is 2.24. The average Bonchev–Trinajstić information content (AvgIpc) is 1.89. The lowest BCUT2D eigenvalue weighted by atomic mass is 10.5. The van der Waals surface area contributed by atoms with E-state index in [9.17, 15) is 9.59 Å². The van der Waals surface area contributed by atoms with Crippen LogP contribution in [-0.2, 0) is 9.59 Å². The van der Waals surface area contributed by atoms with Crippen LogP contribution < -0.4 is 0 Å². The lowest BCUT2D eigenvalue weighted by Gasteiger charge is -1.59. The van der Waals surface area contributed by atoms with E-state index in [-0.39, 0.29) is 0 Å². The second kappa shape index (κ2) is 6.42. The monoisotopic (exact) mass is 120 g/mol. The SMILES string of the molecule is O=C=C=C/C=C\C=C=O. The molecule has 2 heteroatoms. The molecule has 0 aliphatic rings. The van der Waals surface area contributed by atoms with Gasteiger partial charge in [0.1, 0.15) is 5.94 Å². The highest BCUT2D eigenvalue weighted by molar-refractivity contribution is 5.49. The first-order valence-corrected chi connectivity index (χ1v) is 2.24. The zero-order valence-electron chi connectivity index (χ0n) is 4.63. The summed E-state index contributed by atoms with van der Waals surface area (Å²) in [5.41, 5.74) is 2.14. The maximum absolute atomic E-state index is 9.49. The number of hydrogen-bond donors (Lipinski definition) is 0.